The molecule has 0 unspecified atom stereocenters. The fourth-order valence-corrected chi connectivity index (χ4v) is 1.19. The SMILES string of the molecule is O=Cc1c(O)cccc1C#CCCBr. The number of carbonyl (C=O) groups excluding carboxylic acids is 1. The average molecular weight is 253 g/mol. The number of aldehydes is 1. The number of hydrogen-bond acceptors (Lipinski definition) is 2. The maximum atomic E-state index is 10.6. The third kappa shape index (κ3) is 2.61. The lowest BCUT2D eigenvalue weighted by molar-refractivity contribution is 0.112. The summed E-state index contributed by atoms with van der Waals surface area (Å²) in [6.45, 7) is 0. The van der Waals surface area contributed by atoms with E-state index in [1.165, 1.54) is 6.07 Å². The number of phenols is 1. The van der Waals surface area contributed by atoms with Crippen molar-refractivity contribution in [1.29, 1.82) is 0 Å². The third-order valence-electron chi connectivity index (χ3n) is 1.64. The number of alkyl halides is 1. The number of carbonyl (C=O) groups is 1. The summed E-state index contributed by atoms with van der Waals surface area (Å²) in [6, 6.07) is 4.85. The van der Waals surface area contributed by atoms with Crippen LogP contribution in [0.25, 0.3) is 0 Å². The number of benzene rings is 1. The zero-order valence-corrected chi connectivity index (χ0v) is 9.04. The van der Waals surface area contributed by atoms with E-state index in [0.29, 0.717) is 18.3 Å². The first-order chi connectivity index (χ1) is 6.79. The molecular weight excluding hydrogens is 244 g/mol. The molecule has 0 aliphatic carbocycles. The molecule has 0 atom stereocenters. The van der Waals surface area contributed by atoms with Crippen LogP contribution in [0.1, 0.15) is 22.3 Å². The molecular formula is C11H9BrO2. The minimum atomic E-state index is -0.0226. The number of rotatable bonds is 2. The predicted molar refractivity (Wildman–Crippen MR) is 58.8 cm³/mol. The van der Waals surface area contributed by atoms with Gasteiger partial charge < -0.3 is 5.11 Å². The Bertz CT molecular complexity index is 388. The fraction of sp³-hybridized carbons (Fsp3) is 0.182. The molecule has 72 valence electrons. The van der Waals surface area contributed by atoms with Gasteiger partial charge >= 0.3 is 0 Å². The molecule has 2 nitrogen and oxygen atoms in total. The summed E-state index contributed by atoms with van der Waals surface area (Å²) in [4.78, 5) is 10.6. The molecule has 1 aromatic rings. The van der Waals surface area contributed by atoms with Crippen molar-refractivity contribution in [3.63, 3.8) is 0 Å². The molecule has 0 spiro atoms. The lowest BCUT2D eigenvalue weighted by Gasteiger charge is -1.98. The van der Waals surface area contributed by atoms with Gasteiger partial charge in [-0.2, -0.15) is 0 Å². The second-order valence-corrected chi connectivity index (χ2v) is 3.39. The molecule has 0 heterocycles. The van der Waals surface area contributed by atoms with Gasteiger partial charge in [-0.05, 0) is 12.1 Å². The number of halogens is 1. The summed E-state index contributed by atoms with van der Waals surface area (Å²) in [6.07, 6.45) is 1.33. The van der Waals surface area contributed by atoms with Crippen molar-refractivity contribution in [2.75, 3.05) is 5.33 Å². The van der Waals surface area contributed by atoms with E-state index in [2.05, 4.69) is 27.8 Å². The Labute approximate surface area is 91.1 Å². The Hall–Kier alpha value is -1.27. The van der Waals surface area contributed by atoms with Gasteiger partial charge in [-0.25, -0.2) is 0 Å². The van der Waals surface area contributed by atoms with Gasteiger partial charge in [0.1, 0.15) is 5.75 Å². The molecule has 0 bridgehead atoms. The van der Waals surface area contributed by atoms with Crippen LogP contribution in [0.5, 0.6) is 5.75 Å². The van der Waals surface area contributed by atoms with Gasteiger partial charge in [0, 0.05) is 17.3 Å². The van der Waals surface area contributed by atoms with Crippen molar-refractivity contribution in [2.24, 2.45) is 0 Å². The molecule has 0 aliphatic heterocycles. The van der Waals surface area contributed by atoms with Crippen LogP contribution >= 0.6 is 15.9 Å². The molecule has 0 saturated carbocycles. The third-order valence-corrected chi connectivity index (χ3v) is 2.04. The highest BCUT2D eigenvalue weighted by Crippen LogP contribution is 2.17. The maximum Gasteiger partial charge on any atom is 0.155 e. The lowest BCUT2D eigenvalue weighted by atomic mass is 10.1. The summed E-state index contributed by atoms with van der Waals surface area (Å²) in [5.41, 5.74) is 0.829. The molecule has 0 radical (unpaired) electrons. The fourth-order valence-electron chi connectivity index (χ4n) is 0.991. The summed E-state index contributed by atoms with van der Waals surface area (Å²) in [7, 11) is 0. The van der Waals surface area contributed by atoms with Gasteiger partial charge in [-0.3, -0.25) is 4.79 Å². The Morgan fingerprint density at radius 2 is 2.29 bits per heavy atom. The van der Waals surface area contributed by atoms with Crippen LogP contribution in [0, 0.1) is 11.8 Å². The maximum absolute atomic E-state index is 10.6. The Morgan fingerprint density at radius 1 is 1.50 bits per heavy atom. The van der Waals surface area contributed by atoms with Crippen LogP contribution in [0.15, 0.2) is 18.2 Å². The highest BCUT2D eigenvalue weighted by atomic mass is 79.9. The zero-order valence-electron chi connectivity index (χ0n) is 7.46. The minimum absolute atomic E-state index is 0.0226. The van der Waals surface area contributed by atoms with Crippen LogP contribution < -0.4 is 0 Å². The number of phenolic OH excluding ortho intramolecular Hbond substituents is 1. The van der Waals surface area contributed by atoms with Crippen molar-refractivity contribution in [3.05, 3.63) is 29.3 Å². The monoisotopic (exact) mass is 252 g/mol. The summed E-state index contributed by atoms with van der Waals surface area (Å²) in [5, 5.41) is 10.1. The molecule has 0 amide bonds. The van der Waals surface area contributed by atoms with Gasteiger partial charge in [0.25, 0.3) is 0 Å². The lowest BCUT2D eigenvalue weighted by Crippen LogP contribution is -1.87. The predicted octanol–water partition coefficient (Wildman–Crippen LogP) is 2.34. The van der Waals surface area contributed by atoms with E-state index < -0.39 is 0 Å². The van der Waals surface area contributed by atoms with E-state index in [0.717, 1.165) is 5.33 Å². The second kappa shape index (κ2) is 5.46. The van der Waals surface area contributed by atoms with Crippen LogP contribution in [0.4, 0.5) is 0 Å². The summed E-state index contributed by atoms with van der Waals surface area (Å²) in [5.74, 6) is 5.70. The molecule has 3 heteroatoms. The Balaban J connectivity index is 3.04. The van der Waals surface area contributed by atoms with E-state index >= 15 is 0 Å². The van der Waals surface area contributed by atoms with Crippen LogP contribution in [0.3, 0.4) is 0 Å². The van der Waals surface area contributed by atoms with E-state index in [4.69, 9.17) is 0 Å². The molecule has 1 rings (SSSR count). The number of aromatic hydroxyl groups is 1. The molecule has 14 heavy (non-hydrogen) atoms. The molecule has 1 N–H and O–H groups in total. The van der Waals surface area contributed by atoms with E-state index in [1.54, 1.807) is 12.1 Å². The molecule has 0 fully saturated rings. The quantitative estimate of drug-likeness (QED) is 0.499. The summed E-state index contributed by atoms with van der Waals surface area (Å²) >= 11 is 3.25. The standard InChI is InChI=1S/C11H9BrO2/c12-7-2-1-4-9-5-3-6-11(14)10(9)8-13/h3,5-6,8,14H,2,7H2. The molecule has 1 aromatic carbocycles. The van der Waals surface area contributed by atoms with Gasteiger partial charge in [0.2, 0.25) is 0 Å². The van der Waals surface area contributed by atoms with Gasteiger partial charge in [0.05, 0.1) is 5.56 Å². The first kappa shape index (κ1) is 10.8. The second-order valence-electron chi connectivity index (χ2n) is 2.60. The van der Waals surface area contributed by atoms with Crippen LogP contribution in [-0.2, 0) is 0 Å². The van der Waals surface area contributed by atoms with Gasteiger partial charge in [-0.1, -0.05) is 33.8 Å². The van der Waals surface area contributed by atoms with E-state index in [-0.39, 0.29) is 11.3 Å². The van der Waals surface area contributed by atoms with Crippen molar-refractivity contribution < 1.29 is 9.90 Å². The molecule has 0 saturated heterocycles. The van der Waals surface area contributed by atoms with Crippen molar-refractivity contribution in [2.45, 2.75) is 6.42 Å². The zero-order chi connectivity index (χ0) is 10.4. The minimum Gasteiger partial charge on any atom is -0.507 e. The molecule has 0 aliphatic rings. The van der Waals surface area contributed by atoms with Crippen molar-refractivity contribution in [1.82, 2.24) is 0 Å². The molecule has 0 aromatic heterocycles. The van der Waals surface area contributed by atoms with E-state index in [1.807, 2.05) is 0 Å². The van der Waals surface area contributed by atoms with Crippen molar-refractivity contribution in [3.8, 4) is 17.6 Å². The average Bonchev–Trinajstić information content (AvgIpc) is 2.18. The topological polar surface area (TPSA) is 37.3 Å². The Morgan fingerprint density at radius 3 is 2.93 bits per heavy atom. The largest absolute Gasteiger partial charge is 0.507 e. The smallest absolute Gasteiger partial charge is 0.155 e. The highest BCUT2D eigenvalue weighted by Gasteiger charge is 2.03. The summed E-state index contributed by atoms with van der Waals surface area (Å²) < 4.78 is 0. The highest BCUT2D eigenvalue weighted by molar-refractivity contribution is 9.09. The van der Waals surface area contributed by atoms with Gasteiger partial charge in [0.15, 0.2) is 6.29 Å². The van der Waals surface area contributed by atoms with Crippen molar-refractivity contribution >= 4 is 22.2 Å². The van der Waals surface area contributed by atoms with Crippen LogP contribution in [0.2, 0.25) is 0 Å². The van der Waals surface area contributed by atoms with Crippen LogP contribution in [-0.4, -0.2) is 16.7 Å². The first-order valence-electron chi connectivity index (χ1n) is 4.11. The normalized spacial score (nSPS) is 8.93. The first-order valence-corrected chi connectivity index (χ1v) is 5.23. The number of hydrogen-bond donors (Lipinski definition) is 1. The van der Waals surface area contributed by atoms with Gasteiger partial charge in [-0.15, -0.1) is 0 Å². The Kier molecular flexibility index (Phi) is 4.21. The van der Waals surface area contributed by atoms with E-state index in [9.17, 15) is 9.90 Å².